The Labute approximate surface area is 116 Å². The van der Waals surface area contributed by atoms with Gasteiger partial charge in [-0.25, -0.2) is 4.79 Å². The van der Waals surface area contributed by atoms with Crippen LogP contribution in [0.5, 0.6) is 5.75 Å². The van der Waals surface area contributed by atoms with E-state index in [4.69, 9.17) is 9.84 Å². The highest BCUT2D eigenvalue weighted by molar-refractivity contribution is 5.86. The first-order valence-electron chi connectivity index (χ1n) is 5.97. The van der Waals surface area contributed by atoms with E-state index in [0.29, 0.717) is 17.9 Å². The lowest BCUT2D eigenvalue weighted by Gasteiger charge is -2.08. The molecular weight excluding hydrogens is 262 g/mol. The van der Waals surface area contributed by atoms with Gasteiger partial charge in [0.05, 0.1) is 11.5 Å². The quantitative estimate of drug-likeness (QED) is 0.259. The van der Waals surface area contributed by atoms with Gasteiger partial charge < -0.3 is 9.84 Å². The van der Waals surface area contributed by atoms with E-state index in [1.54, 1.807) is 6.08 Å². The minimum absolute atomic E-state index is 0.117. The van der Waals surface area contributed by atoms with Crippen LogP contribution < -0.4 is 4.74 Å². The average molecular weight is 277 g/mol. The Morgan fingerprint density at radius 1 is 1.50 bits per heavy atom. The highest BCUT2D eigenvalue weighted by Crippen LogP contribution is 2.25. The molecule has 1 rings (SSSR count). The molecule has 0 heterocycles. The van der Waals surface area contributed by atoms with Crippen LogP contribution in [-0.4, -0.2) is 22.6 Å². The van der Waals surface area contributed by atoms with Crippen LogP contribution in [0, 0.1) is 10.1 Å². The Bertz CT molecular complexity index is 536. The van der Waals surface area contributed by atoms with Crippen LogP contribution in [0.15, 0.2) is 36.9 Å². The lowest BCUT2D eigenvalue weighted by atomic mass is 10.1. The van der Waals surface area contributed by atoms with E-state index in [1.807, 2.05) is 0 Å². The largest absolute Gasteiger partial charge is 0.493 e. The number of hydrogen-bond acceptors (Lipinski definition) is 4. The molecule has 0 amide bonds. The second kappa shape index (κ2) is 7.73. The molecule has 0 saturated heterocycles. The fourth-order valence-electron chi connectivity index (χ4n) is 1.48. The third-order valence-electron chi connectivity index (χ3n) is 2.42. The molecule has 0 radical (unpaired) electrons. The summed E-state index contributed by atoms with van der Waals surface area (Å²) in [4.78, 5) is 20.7. The van der Waals surface area contributed by atoms with Gasteiger partial charge in [0.1, 0.15) is 5.75 Å². The Balaban J connectivity index is 2.93. The number of unbranched alkanes of at least 4 members (excludes halogenated alkanes) is 1. The first-order chi connectivity index (χ1) is 9.54. The Morgan fingerprint density at radius 3 is 2.85 bits per heavy atom. The molecule has 0 atom stereocenters. The number of nitrogens with zero attached hydrogens (tertiary/aromatic N) is 1. The number of nitro groups is 1. The fraction of sp³-hybridized carbons (Fsp3) is 0.214. The number of carboxylic acids is 1. The normalized spacial score (nSPS) is 10.4. The number of carboxylic acid groups (broad SMARTS) is 1. The maximum absolute atomic E-state index is 10.7. The molecule has 0 aliphatic carbocycles. The average Bonchev–Trinajstić information content (AvgIpc) is 2.41. The Morgan fingerprint density at radius 2 is 2.25 bits per heavy atom. The summed E-state index contributed by atoms with van der Waals surface area (Å²) in [5.41, 5.74) is 0.244. The fourth-order valence-corrected chi connectivity index (χ4v) is 1.48. The smallest absolute Gasteiger partial charge is 0.328 e. The first-order valence-corrected chi connectivity index (χ1v) is 5.97. The van der Waals surface area contributed by atoms with Crippen LogP contribution in [0.25, 0.3) is 6.08 Å². The van der Waals surface area contributed by atoms with Crippen LogP contribution in [0.1, 0.15) is 18.4 Å². The van der Waals surface area contributed by atoms with E-state index in [1.165, 1.54) is 24.3 Å². The predicted molar refractivity (Wildman–Crippen MR) is 74.7 cm³/mol. The summed E-state index contributed by atoms with van der Waals surface area (Å²) in [5.74, 6) is -0.716. The summed E-state index contributed by atoms with van der Waals surface area (Å²) < 4.78 is 5.49. The molecule has 6 nitrogen and oxygen atoms in total. The molecule has 6 heteroatoms. The van der Waals surface area contributed by atoms with E-state index in [-0.39, 0.29) is 5.69 Å². The third kappa shape index (κ3) is 4.93. The van der Waals surface area contributed by atoms with Gasteiger partial charge in [-0.2, -0.15) is 0 Å². The Kier molecular flexibility index (Phi) is 5.96. The molecule has 0 aliphatic rings. The summed E-state index contributed by atoms with van der Waals surface area (Å²) in [6.07, 6.45) is 5.52. The van der Waals surface area contributed by atoms with Crippen molar-refractivity contribution in [1.82, 2.24) is 0 Å². The maximum atomic E-state index is 10.7. The number of aliphatic carboxylic acids is 1. The van der Waals surface area contributed by atoms with Gasteiger partial charge in [-0.05, 0) is 25.0 Å². The number of carbonyl (C=O) groups is 1. The Hall–Kier alpha value is -2.63. The minimum Gasteiger partial charge on any atom is -0.493 e. The van der Waals surface area contributed by atoms with Crippen molar-refractivity contribution < 1.29 is 19.6 Å². The molecule has 1 N–H and O–H groups in total. The topological polar surface area (TPSA) is 89.7 Å². The van der Waals surface area contributed by atoms with E-state index in [2.05, 4.69) is 6.58 Å². The van der Waals surface area contributed by atoms with Gasteiger partial charge in [0, 0.05) is 23.8 Å². The van der Waals surface area contributed by atoms with Crippen LogP contribution in [-0.2, 0) is 4.79 Å². The van der Waals surface area contributed by atoms with Crippen LogP contribution in [0.4, 0.5) is 5.69 Å². The summed E-state index contributed by atoms with van der Waals surface area (Å²) >= 11 is 0. The number of benzene rings is 1. The number of ether oxygens (including phenoxy) is 1. The number of hydrogen-bond donors (Lipinski definition) is 1. The second-order valence-electron chi connectivity index (χ2n) is 3.93. The van der Waals surface area contributed by atoms with Crippen molar-refractivity contribution in [2.24, 2.45) is 0 Å². The minimum atomic E-state index is -1.13. The van der Waals surface area contributed by atoms with E-state index >= 15 is 0 Å². The van der Waals surface area contributed by atoms with Gasteiger partial charge in [-0.15, -0.1) is 6.58 Å². The number of rotatable bonds is 8. The third-order valence-corrected chi connectivity index (χ3v) is 2.42. The van der Waals surface area contributed by atoms with Gasteiger partial charge in [0.15, 0.2) is 0 Å². The van der Waals surface area contributed by atoms with Crippen LogP contribution in [0.2, 0.25) is 0 Å². The van der Waals surface area contributed by atoms with Crippen molar-refractivity contribution in [3.05, 3.63) is 52.6 Å². The zero-order chi connectivity index (χ0) is 15.0. The summed E-state index contributed by atoms with van der Waals surface area (Å²) in [6.45, 7) is 4.02. The molecule has 0 bridgehead atoms. The molecule has 0 aliphatic heterocycles. The zero-order valence-corrected chi connectivity index (χ0v) is 10.8. The molecule has 1 aromatic carbocycles. The first kappa shape index (κ1) is 15.4. The molecule has 0 spiro atoms. The summed E-state index contributed by atoms with van der Waals surface area (Å²) in [6, 6.07) is 4.07. The van der Waals surface area contributed by atoms with Crippen LogP contribution in [0.3, 0.4) is 0 Å². The van der Waals surface area contributed by atoms with Crippen molar-refractivity contribution in [2.75, 3.05) is 6.61 Å². The summed E-state index contributed by atoms with van der Waals surface area (Å²) in [7, 11) is 0. The number of nitro benzene ring substituents is 1. The molecule has 20 heavy (non-hydrogen) atoms. The van der Waals surface area contributed by atoms with Crippen molar-refractivity contribution in [3.63, 3.8) is 0 Å². The molecular formula is C14H15NO5. The second-order valence-corrected chi connectivity index (χ2v) is 3.93. The zero-order valence-electron chi connectivity index (χ0n) is 10.8. The van der Waals surface area contributed by atoms with Gasteiger partial charge in [0.2, 0.25) is 0 Å². The SMILES string of the molecule is C=CCCCOc1ccc([N+](=O)[O-])cc1C=CC(=O)O. The van der Waals surface area contributed by atoms with Gasteiger partial charge >= 0.3 is 5.97 Å². The van der Waals surface area contributed by atoms with Crippen LogP contribution >= 0.6 is 0 Å². The maximum Gasteiger partial charge on any atom is 0.328 e. The number of allylic oxidation sites excluding steroid dienone is 1. The lowest BCUT2D eigenvalue weighted by Crippen LogP contribution is -1.99. The van der Waals surface area contributed by atoms with Gasteiger partial charge in [-0.1, -0.05) is 6.08 Å². The monoisotopic (exact) mass is 277 g/mol. The van der Waals surface area contributed by atoms with Gasteiger partial charge in [-0.3, -0.25) is 10.1 Å². The molecule has 0 aromatic heterocycles. The van der Waals surface area contributed by atoms with Crippen molar-refractivity contribution in [1.29, 1.82) is 0 Å². The van der Waals surface area contributed by atoms with Crippen molar-refractivity contribution >= 4 is 17.7 Å². The molecule has 106 valence electrons. The molecule has 1 aromatic rings. The molecule has 0 saturated carbocycles. The molecule has 0 unspecified atom stereocenters. The standard InChI is InChI=1S/C14H15NO5/c1-2-3-4-9-20-13-7-6-12(15(18)19)10-11(13)5-8-14(16)17/h2,5-8,10H,1,3-4,9H2,(H,16,17). The van der Waals surface area contributed by atoms with E-state index in [9.17, 15) is 14.9 Å². The highest BCUT2D eigenvalue weighted by Gasteiger charge is 2.10. The van der Waals surface area contributed by atoms with Gasteiger partial charge in [0.25, 0.3) is 5.69 Å². The predicted octanol–water partition coefficient (Wildman–Crippen LogP) is 3.04. The van der Waals surface area contributed by atoms with Crippen molar-refractivity contribution in [3.8, 4) is 5.75 Å². The summed E-state index contributed by atoms with van der Waals surface area (Å²) in [5, 5.41) is 19.3. The van der Waals surface area contributed by atoms with E-state index in [0.717, 1.165) is 18.9 Å². The van der Waals surface area contributed by atoms with Crippen molar-refractivity contribution in [2.45, 2.75) is 12.8 Å². The number of non-ortho nitro benzene ring substituents is 1. The lowest BCUT2D eigenvalue weighted by molar-refractivity contribution is -0.384. The highest BCUT2D eigenvalue weighted by atomic mass is 16.6. The van der Waals surface area contributed by atoms with E-state index < -0.39 is 10.9 Å². The molecule has 0 fully saturated rings.